The van der Waals surface area contributed by atoms with Gasteiger partial charge in [-0.3, -0.25) is 38.4 Å². The zero-order chi connectivity index (χ0) is 102. The number of hydrogen-bond acceptors (Lipinski definition) is 12. The largest absolute Gasteiger partial charge is 0.493 e. The van der Waals surface area contributed by atoms with Crippen LogP contribution in [0.2, 0.25) is 0 Å². The predicted octanol–water partition coefficient (Wildman–Crippen LogP) is 27.7. The number of aryl methyl sites for hydroxylation is 2. The van der Waals surface area contributed by atoms with Crippen LogP contribution >= 0.6 is 0 Å². The molecule has 4 aliphatic rings. The van der Waals surface area contributed by atoms with Crippen LogP contribution in [0.25, 0.3) is 66.1 Å². The maximum atomic E-state index is 13.6. The number of unbranched alkanes of at least 4 members (excludes halogenated alkanes) is 8. The van der Waals surface area contributed by atoms with E-state index in [9.17, 15) is 38.4 Å². The van der Waals surface area contributed by atoms with Crippen LogP contribution in [0, 0.1) is 13.8 Å². The Labute approximate surface area is 856 Å². The first-order valence-electron chi connectivity index (χ1n) is 51.7. The number of carbonyl (C=O) groups excluding carboxylic acids is 4. The third-order valence-electron chi connectivity index (χ3n) is 26.9. The summed E-state index contributed by atoms with van der Waals surface area (Å²) in [5.41, 5.74) is 18.2. The molecule has 18 rings (SSSR count). The molecule has 20 heteroatoms. The van der Waals surface area contributed by atoms with Gasteiger partial charge in [0.1, 0.15) is 23.0 Å². The summed E-state index contributed by atoms with van der Waals surface area (Å²) in [5.74, 6) is 0.301. The smallest absolute Gasteiger partial charge is 0.303 e. The maximum absolute atomic E-state index is 13.6. The van der Waals surface area contributed by atoms with Crippen molar-refractivity contribution in [2.75, 3.05) is 26.4 Å². The molecule has 0 aliphatic heterocycles. The molecule has 4 amide bonds. The fourth-order valence-corrected chi connectivity index (χ4v) is 18.2. The Balaban J connectivity index is 0.000000146. The van der Waals surface area contributed by atoms with Gasteiger partial charge < -0.3 is 59.0 Å². The lowest BCUT2D eigenvalue weighted by Crippen LogP contribution is -2.32. The van der Waals surface area contributed by atoms with Crippen molar-refractivity contribution in [2.45, 2.75) is 218 Å². The molecule has 4 N–H and O–H groups in total. The van der Waals surface area contributed by atoms with E-state index >= 15 is 0 Å². The molecule has 14 aromatic carbocycles. The van der Waals surface area contributed by atoms with Gasteiger partial charge in [0.15, 0.2) is 0 Å². The molecule has 4 saturated carbocycles. The summed E-state index contributed by atoms with van der Waals surface area (Å²) in [5, 5.41) is 39.9. The molecule has 146 heavy (non-hydrogen) atoms. The maximum Gasteiger partial charge on any atom is 0.303 e. The highest BCUT2D eigenvalue weighted by molar-refractivity contribution is 6.00. The van der Waals surface area contributed by atoms with Crippen LogP contribution in [0.3, 0.4) is 0 Å². The van der Waals surface area contributed by atoms with Crippen LogP contribution in [-0.4, -0.2) is 138 Å². The van der Waals surface area contributed by atoms with Gasteiger partial charge in [-0.05, 0) is 293 Å². The molecule has 4 aliphatic carbocycles. The summed E-state index contributed by atoms with van der Waals surface area (Å²) in [6, 6.07) is 110. The third kappa shape index (κ3) is 31.3. The highest BCUT2D eigenvalue weighted by atomic mass is 16.5. The minimum absolute atomic E-state index is 0.0421. The number of benzene rings is 14. The van der Waals surface area contributed by atoms with Crippen molar-refractivity contribution in [3.05, 3.63) is 383 Å². The summed E-state index contributed by atoms with van der Waals surface area (Å²) in [6.07, 6.45) is 18.1. The van der Waals surface area contributed by atoms with Crippen molar-refractivity contribution in [2.24, 2.45) is 0 Å². The number of nitrogens with zero attached hydrogens (tertiary/aromatic N) is 4. The Bertz CT molecular complexity index is 6710. The van der Waals surface area contributed by atoms with Gasteiger partial charge in [0.2, 0.25) is 0 Å². The predicted molar refractivity (Wildman–Crippen MR) is 576 cm³/mol. The molecule has 4 fully saturated rings. The van der Waals surface area contributed by atoms with E-state index in [4.69, 9.17) is 39.4 Å². The van der Waals surface area contributed by atoms with Crippen molar-refractivity contribution in [1.82, 2.24) is 19.6 Å². The van der Waals surface area contributed by atoms with Gasteiger partial charge in [0.25, 0.3) is 23.6 Å². The first-order valence-corrected chi connectivity index (χ1v) is 51.7. The number of ether oxygens (including phenoxy) is 4. The van der Waals surface area contributed by atoms with Crippen molar-refractivity contribution >= 4 is 69.1 Å². The zero-order valence-electron chi connectivity index (χ0n) is 83.6. The number of para-hydroxylation sites is 4. The van der Waals surface area contributed by atoms with E-state index in [1.807, 2.05) is 250 Å². The van der Waals surface area contributed by atoms with Crippen LogP contribution in [0.4, 0.5) is 0 Å². The summed E-state index contributed by atoms with van der Waals surface area (Å²) in [7, 11) is 0. The average Bonchev–Trinajstić information content (AvgIpc) is 0.988. The van der Waals surface area contributed by atoms with E-state index in [1.54, 1.807) is 0 Å². The molecule has 0 saturated heterocycles. The lowest BCUT2D eigenvalue weighted by Gasteiger charge is -2.24. The van der Waals surface area contributed by atoms with Crippen LogP contribution < -0.4 is 18.9 Å². The molecule has 0 spiro atoms. The van der Waals surface area contributed by atoms with E-state index in [0.29, 0.717) is 101 Å². The molecule has 752 valence electrons. The lowest BCUT2D eigenvalue weighted by atomic mass is 9.97. The highest BCUT2D eigenvalue weighted by Gasteiger charge is 2.38. The van der Waals surface area contributed by atoms with Crippen LogP contribution in [-0.2, 0) is 45.4 Å². The molecular formula is C126H132N4O16. The quantitative estimate of drug-likeness (QED) is 0.0258. The van der Waals surface area contributed by atoms with E-state index in [2.05, 4.69) is 111 Å². The highest BCUT2D eigenvalue weighted by Crippen LogP contribution is 2.40. The summed E-state index contributed by atoms with van der Waals surface area (Å²) >= 11 is 0. The second-order valence-corrected chi connectivity index (χ2v) is 38.4. The summed E-state index contributed by atoms with van der Waals surface area (Å²) < 4.78 is 24.1. The standard InChI is InChI=1S/2C33H33NO4.2C30H33NO4/c35-32(36)15-2-1-7-22-38-31-14-6-4-10-27(31)23-34(28-20-21-28)33(37)26-18-16-25(17-19-26)30-13-8-11-24-9-3-5-12-29(24)30;35-32(36)12-2-1-7-21-38-31-11-6-5-10-29(31)23-34(30-19-20-30)33(37)26-16-13-25(14-17-26)28-18-15-24-8-3-4-9-27(24)22-28;1-22-9-4-6-11-27(22)23-14-16-24(17-15-23)30(34)31(26-18-19-26)21-25-10-5-7-12-28(25)35-20-8-2-3-13-29(32)33;1-22-8-7-10-25(20-22)23-13-15-24(16-14-23)30(34)31(27-17-18-27)21-26-9-4-5-11-28(26)35-19-6-2-3-12-29(32)33/h3-6,8-14,16-19,28H,1-2,7,15,20-23H2,(H,35,36);3-6,8-11,13-18,22,30H,1-2,7,12,19-21,23H2,(H,35,36);4-7,9-12,14-17,26H,2-3,8,13,18-21H2,1H3,(H,32,33);4-5,7-11,13-16,20,27H,2-3,6,12,17-19,21H2,1H3,(H,32,33). The Hall–Kier alpha value is -15.4. The fourth-order valence-electron chi connectivity index (χ4n) is 18.2. The number of carboxylic acids is 4. The molecule has 0 radical (unpaired) electrons. The van der Waals surface area contributed by atoms with E-state index < -0.39 is 23.9 Å². The zero-order valence-corrected chi connectivity index (χ0v) is 83.6. The average molecular weight is 1960 g/mol. The summed E-state index contributed by atoms with van der Waals surface area (Å²) in [6.45, 7) is 8.34. The number of hydrogen-bond donors (Lipinski definition) is 4. The monoisotopic (exact) mass is 1960 g/mol. The van der Waals surface area contributed by atoms with Gasteiger partial charge >= 0.3 is 23.9 Å². The molecule has 0 atom stereocenters. The van der Waals surface area contributed by atoms with Crippen molar-refractivity contribution in [3.8, 4) is 67.5 Å². The van der Waals surface area contributed by atoms with Gasteiger partial charge in [0.05, 0.1) is 26.4 Å². The molecule has 14 aromatic rings. The van der Waals surface area contributed by atoms with Crippen LogP contribution in [0.5, 0.6) is 23.0 Å². The number of aliphatic carboxylic acids is 4. The van der Waals surface area contributed by atoms with Gasteiger partial charge in [-0.15, -0.1) is 0 Å². The first-order chi connectivity index (χ1) is 71.2. The topological polar surface area (TPSA) is 267 Å². The van der Waals surface area contributed by atoms with E-state index in [0.717, 1.165) is 187 Å². The minimum atomic E-state index is -0.760. The van der Waals surface area contributed by atoms with E-state index in [-0.39, 0.29) is 73.5 Å². The van der Waals surface area contributed by atoms with Gasteiger partial charge in [-0.2, -0.15) is 0 Å². The van der Waals surface area contributed by atoms with Crippen LogP contribution in [0.15, 0.2) is 328 Å². The fraction of sp³-hybridized carbons (Fsp3) is 0.302. The first kappa shape index (κ1) is 105. The molecule has 0 heterocycles. The van der Waals surface area contributed by atoms with Crippen molar-refractivity contribution in [1.29, 1.82) is 0 Å². The van der Waals surface area contributed by atoms with Crippen LogP contribution in [0.1, 0.15) is 229 Å². The van der Waals surface area contributed by atoms with E-state index in [1.165, 1.54) is 38.2 Å². The number of carboxylic acid groups (broad SMARTS) is 4. The lowest BCUT2D eigenvalue weighted by molar-refractivity contribution is -0.138. The molecule has 0 unspecified atom stereocenters. The molecule has 20 nitrogen and oxygen atoms in total. The number of fused-ring (bicyclic) bond motifs is 2. The van der Waals surface area contributed by atoms with Crippen molar-refractivity contribution in [3.63, 3.8) is 0 Å². The SMILES string of the molecule is Cc1cccc(-c2ccc(C(=O)N(Cc3ccccc3OCCCCCC(=O)O)C3CC3)cc2)c1.Cc1ccccc1-c1ccc(C(=O)N(Cc2ccccc2OCCCCCC(=O)O)C2CC2)cc1.O=C(O)CCCCCOc1ccccc1CN(C(=O)c1ccc(-c2ccc3ccccc3c2)cc1)C1CC1.O=C(O)CCCCCOc1ccccc1CN(C(=O)c1ccc(-c2cccc3ccccc23)cc1)C1CC1. The van der Waals surface area contributed by atoms with Gasteiger partial charge in [-0.25, -0.2) is 0 Å². The van der Waals surface area contributed by atoms with Gasteiger partial charge in [0, 0.05) is 121 Å². The second-order valence-electron chi connectivity index (χ2n) is 38.4. The third-order valence-corrected chi connectivity index (χ3v) is 26.9. The number of amides is 4. The Morgan fingerprint density at radius 3 is 0.877 bits per heavy atom. The second kappa shape index (κ2) is 53.2. The minimum Gasteiger partial charge on any atom is -0.493 e. The Morgan fingerprint density at radius 2 is 0.527 bits per heavy atom. The van der Waals surface area contributed by atoms with Crippen molar-refractivity contribution < 1.29 is 77.7 Å². The number of carbonyl (C=O) groups is 8. The number of rotatable bonds is 48. The summed E-state index contributed by atoms with van der Waals surface area (Å²) in [4.78, 5) is 105. The molecule has 0 aromatic heterocycles. The Morgan fingerprint density at radius 1 is 0.247 bits per heavy atom. The molecular weight excluding hydrogens is 1830 g/mol. The normalized spacial score (nSPS) is 12.8. The van der Waals surface area contributed by atoms with Gasteiger partial charge in [-0.1, -0.05) is 254 Å². The Kier molecular flexibility index (Phi) is 38.2. The molecule has 0 bridgehead atoms.